The molecule has 164 valence electrons. The molecular weight excluding hydrogens is 394 g/mol. The molecule has 1 unspecified atom stereocenters. The second-order valence-corrected chi connectivity index (χ2v) is 7.56. The number of benzene rings is 2. The van der Waals surface area contributed by atoms with Crippen LogP contribution >= 0.6 is 0 Å². The largest absolute Gasteiger partial charge is 0.507 e. The number of methoxy groups -OCH3 is 1. The molecule has 0 saturated carbocycles. The molecule has 1 saturated heterocycles. The summed E-state index contributed by atoms with van der Waals surface area (Å²) in [6.45, 7) is 6.85. The number of hydrogen-bond acceptors (Lipinski definition) is 5. The third kappa shape index (κ3) is 4.29. The van der Waals surface area contributed by atoms with E-state index in [-0.39, 0.29) is 11.3 Å². The summed E-state index contributed by atoms with van der Waals surface area (Å²) in [5.74, 6) is -0.213. The quantitative estimate of drug-likeness (QED) is 0.381. The van der Waals surface area contributed by atoms with Crippen molar-refractivity contribution >= 4 is 17.4 Å². The number of hydrogen-bond donors (Lipinski definition) is 1. The van der Waals surface area contributed by atoms with Crippen molar-refractivity contribution in [3.63, 3.8) is 0 Å². The molecule has 3 rings (SSSR count). The predicted molar refractivity (Wildman–Crippen MR) is 119 cm³/mol. The summed E-state index contributed by atoms with van der Waals surface area (Å²) in [5, 5.41) is 11.2. The SMILES string of the molecule is CCCOc1ccc(/C(O)=C2\C(=O)C(=O)N(CCC)C2c2ccccc2OC)cc1C. The van der Waals surface area contributed by atoms with Gasteiger partial charge in [0.05, 0.1) is 25.3 Å². The molecule has 1 aliphatic heterocycles. The number of ether oxygens (including phenoxy) is 2. The number of aryl methyl sites for hydroxylation is 1. The molecule has 2 aromatic carbocycles. The van der Waals surface area contributed by atoms with E-state index in [0.29, 0.717) is 36.4 Å². The second-order valence-electron chi connectivity index (χ2n) is 7.56. The van der Waals surface area contributed by atoms with Gasteiger partial charge in [-0.15, -0.1) is 0 Å². The van der Waals surface area contributed by atoms with E-state index < -0.39 is 17.7 Å². The van der Waals surface area contributed by atoms with Crippen molar-refractivity contribution in [1.29, 1.82) is 0 Å². The smallest absolute Gasteiger partial charge is 0.295 e. The van der Waals surface area contributed by atoms with Gasteiger partial charge in [-0.1, -0.05) is 32.0 Å². The summed E-state index contributed by atoms with van der Waals surface area (Å²) >= 11 is 0. The number of aliphatic hydroxyl groups is 1. The fourth-order valence-corrected chi connectivity index (χ4v) is 3.89. The summed E-state index contributed by atoms with van der Waals surface area (Å²) in [5.41, 5.74) is 2.05. The minimum Gasteiger partial charge on any atom is -0.507 e. The average molecular weight is 424 g/mol. The van der Waals surface area contributed by atoms with Crippen molar-refractivity contribution in [2.24, 2.45) is 0 Å². The van der Waals surface area contributed by atoms with Crippen molar-refractivity contribution in [1.82, 2.24) is 4.90 Å². The van der Waals surface area contributed by atoms with Crippen molar-refractivity contribution in [3.05, 3.63) is 64.7 Å². The van der Waals surface area contributed by atoms with Gasteiger partial charge in [0.1, 0.15) is 17.3 Å². The van der Waals surface area contributed by atoms with E-state index in [1.165, 1.54) is 4.90 Å². The first-order valence-electron chi connectivity index (χ1n) is 10.6. The summed E-state index contributed by atoms with van der Waals surface area (Å²) in [6, 6.07) is 11.8. The molecule has 1 amide bonds. The van der Waals surface area contributed by atoms with Gasteiger partial charge in [-0.2, -0.15) is 0 Å². The normalized spacial score (nSPS) is 17.8. The first-order valence-corrected chi connectivity index (χ1v) is 10.6. The molecule has 6 nitrogen and oxygen atoms in total. The third-order valence-electron chi connectivity index (χ3n) is 5.35. The van der Waals surface area contributed by atoms with Crippen LogP contribution in [0.5, 0.6) is 11.5 Å². The Morgan fingerprint density at radius 3 is 2.45 bits per heavy atom. The van der Waals surface area contributed by atoms with Crippen LogP contribution in [0.4, 0.5) is 0 Å². The Morgan fingerprint density at radius 1 is 1.06 bits per heavy atom. The fourth-order valence-electron chi connectivity index (χ4n) is 3.89. The van der Waals surface area contributed by atoms with Crippen LogP contribution in [0, 0.1) is 6.92 Å². The number of ketones is 1. The molecule has 0 radical (unpaired) electrons. The monoisotopic (exact) mass is 423 g/mol. The molecule has 2 aromatic rings. The van der Waals surface area contributed by atoms with Crippen LogP contribution in [0.15, 0.2) is 48.0 Å². The van der Waals surface area contributed by atoms with Crippen LogP contribution in [0.3, 0.4) is 0 Å². The van der Waals surface area contributed by atoms with E-state index in [1.807, 2.05) is 39.0 Å². The number of para-hydroxylation sites is 1. The van der Waals surface area contributed by atoms with Crippen LogP contribution < -0.4 is 9.47 Å². The number of carbonyl (C=O) groups excluding carboxylic acids is 2. The van der Waals surface area contributed by atoms with Crippen molar-refractivity contribution in [2.75, 3.05) is 20.3 Å². The minimum absolute atomic E-state index is 0.0737. The van der Waals surface area contributed by atoms with Gasteiger partial charge in [-0.05, 0) is 49.6 Å². The first-order chi connectivity index (χ1) is 14.9. The zero-order chi connectivity index (χ0) is 22.5. The number of nitrogens with zero attached hydrogens (tertiary/aromatic N) is 1. The zero-order valence-electron chi connectivity index (χ0n) is 18.5. The fraction of sp³-hybridized carbons (Fsp3) is 0.360. The number of Topliss-reactive ketones (excluding diaryl/α,β-unsaturated/α-hetero) is 1. The van der Waals surface area contributed by atoms with E-state index in [9.17, 15) is 14.7 Å². The Kier molecular flexibility index (Phi) is 7.00. The number of carbonyl (C=O) groups is 2. The number of aliphatic hydroxyl groups excluding tert-OH is 1. The zero-order valence-corrected chi connectivity index (χ0v) is 18.5. The third-order valence-corrected chi connectivity index (χ3v) is 5.35. The summed E-state index contributed by atoms with van der Waals surface area (Å²) < 4.78 is 11.2. The molecule has 0 aromatic heterocycles. The molecule has 0 bridgehead atoms. The standard InChI is InChI=1S/C25H29NO5/c1-5-13-26-22(18-9-7-8-10-20(18)30-4)21(24(28)25(26)29)23(27)17-11-12-19(16(3)15-17)31-14-6-2/h7-12,15,22,27H,5-6,13-14H2,1-4H3/b23-21+. The molecule has 1 aliphatic rings. The molecule has 0 spiro atoms. The van der Waals surface area contributed by atoms with E-state index in [2.05, 4.69) is 0 Å². The van der Waals surface area contributed by atoms with Crippen LogP contribution in [-0.4, -0.2) is 42.0 Å². The summed E-state index contributed by atoms with van der Waals surface area (Å²) in [7, 11) is 1.54. The highest BCUT2D eigenvalue weighted by molar-refractivity contribution is 6.46. The average Bonchev–Trinajstić information content (AvgIpc) is 3.02. The Balaban J connectivity index is 2.15. The predicted octanol–water partition coefficient (Wildman–Crippen LogP) is 4.62. The van der Waals surface area contributed by atoms with Gasteiger partial charge >= 0.3 is 0 Å². The molecule has 0 aliphatic carbocycles. The van der Waals surface area contributed by atoms with Gasteiger partial charge in [0.15, 0.2) is 0 Å². The lowest BCUT2D eigenvalue weighted by molar-refractivity contribution is -0.139. The molecule has 1 fully saturated rings. The van der Waals surface area contributed by atoms with Gasteiger partial charge in [0.2, 0.25) is 0 Å². The number of rotatable bonds is 8. The maximum absolute atomic E-state index is 13.0. The van der Waals surface area contributed by atoms with Gasteiger partial charge in [0, 0.05) is 17.7 Å². The number of likely N-dealkylation sites (tertiary alicyclic amines) is 1. The van der Waals surface area contributed by atoms with Crippen molar-refractivity contribution in [2.45, 2.75) is 39.7 Å². The lowest BCUT2D eigenvalue weighted by atomic mass is 9.94. The lowest BCUT2D eigenvalue weighted by Gasteiger charge is -2.26. The van der Waals surface area contributed by atoms with E-state index in [0.717, 1.165) is 17.7 Å². The highest BCUT2D eigenvalue weighted by Crippen LogP contribution is 2.42. The maximum atomic E-state index is 13.0. The molecule has 6 heteroatoms. The summed E-state index contributed by atoms with van der Waals surface area (Å²) in [6.07, 6.45) is 1.57. The molecule has 1 heterocycles. The topological polar surface area (TPSA) is 76.1 Å². The Hall–Kier alpha value is -3.28. The Morgan fingerprint density at radius 2 is 1.81 bits per heavy atom. The van der Waals surface area contributed by atoms with E-state index in [1.54, 1.807) is 31.4 Å². The molecule has 1 N–H and O–H groups in total. The second kappa shape index (κ2) is 9.69. The van der Waals surface area contributed by atoms with Gasteiger partial charge < -0.3 is 19.5 Å². The Labute approximate surface area is 183 Å². The van der Waals surface area contributed by atoms with Crippen molar-refractivity contribution in [3.8, 4) is 11.5 Å². The van der Waals surface area contributed by atoms with Crippen molar-refractivity contribution < 1.29 is 24.2 Å². The van der Waals surface area contributed by atoms with Gasteiger partial charge in [-0.3, -0.25) is 9.59 Å². The minimum atomic E-state index is -0.715. The molecular formula is C25H29NO5. The van der Waals surface area contributed by atoms with E-state index >= 15 is 0 Å². The van der Waals surface area contributed by atoms with E-state index in [4.69, 9.17) is 9.47 Å². The van der Waals surface area contributed by atoms with Crippen LogP contribution in [0.25, 0.3) is 5.76 Å². The van der Waals surface area contributed by atoms with Gasteiger partial charge in [-0.25, -0.2) is 0 Å². The highest BCUT2D eigenvalue weighted by Gasteiger charge is 2.46. The molecule has 1 atom stereocenters. The highest BCUT2D eigenvalue weighted by atomic mass is 16.5. The Bertz CT molecular complexity index is 1010. The van der Waals surface area contributed by atoms with Crippen LogP contribution in [0.1, 0.15) is 49.4 Å². The molecule has 31 heavy (non-hydrogen) atoms. The number of amides is 1. The van der Waals surface area contributed by atoms with Crippen LogP contribution in [-0.2, 0) is 9.59 Å². The summed E-state index contributed by atoms with van der Waals surface area (Å²) in [4.78, 5) is 27.4. The first kappa shape index (κ1) is 22.4. The van der Waals surface area contributed by atoms with Crippen LogP contribution in [0.2, 0.25) is 0 Å². The maximum Gasteiger partial charge on any atom is 0.295 e. The van der Waals surface area contributed by atoms with Gasteiger partial charge in [0.25, 0.3) is 11.7 Å². The lowest BCUT2D eigenvalue weighted by Crippen LogP contribution is -2.30.